The summed E-state index contributed by atoms with van der Waals surface area (Å²) in [5.41, 5.74) is 11.8. The van der Waals surface area contributed by atoms with E-state index in [4.69, 9.17) is 19.9 Å². The van der Waals surface area contributed by atoms with Crippen molar-refractivity contribution in [2.24, 2.45) is 0 Å². The second-order valence-corrected chi connectivity index (χ2v) is 12.3. The van der Waals surface area contributed by atoms with E-state index < -0.39 is 0 Å². The molecule has 0 N–H and O–H groups in total. The minimum Gasteiger partial charge on any atom is -0.228 e. The summed E-state index contributed by atoms with van der Waals surface area (Å²) in [4.78, 5) is 20.4. The van der Waals surface area contributed by atoms with Crippen LogP contribution >= 0.6 is 0 Å². The van der Waals surface area contributed by atoms with Gasteiger partial charge in [-0.05, 0) is 70.1 Å². The van der Waals surface area contributed by atoms with Crippen LogP contribution in [0.3, 0.4) is 0 Å². The number of benzene rings is 6. The van der Waals surface area contributed by atoms with Crippen molar-refractivity contribution >= 4 is 0 Å². The minimum atomic E-state index is 0.612. The number of nitrogens with zero attached hydrogens (tertiary/aromatic N) is 5. The van der Waals surface area contributed by atoms with Crippen molar-refractivity contribution in [3.8, 4) is 85.0 Å². The van der Waals surface area contributed by atoms with Crippen molar-refractivity contribution < 1.29 is 0 Å². The number of aromatic nitrogens is 4. The largest absolute Gasteiger partial charge is 0.228 e. The zero-order valence-electron chi connectivity index (χ0n) is 26.8. The zero-order valence-corrected chi connectivity index (χ0v) is 26.8. The Bertz CT molecular complexity index is 2630. The fraction of sp³-hybridized carbons (Fsp3) is 0. The van der Waals surface area contributed by atoms with Gasteiger partial charge in [0.25, 0.3) is 0 Å². The zero-order chi connectivity index (χ0) is 33.4. The third kappa shape index (κ3) is 5.41. The third-order valence-electron chi connectivity index (χ3n) is 9.06. The summed E-state index contributed by atoms with van der Waals surface area (Å²) < 4.78 is 0. The van der Waals surface area contributed by atoms with Crippen molar-refractivity contribution in [1.29, 1.82) is 5.26 Å². The first kappa shape index (κ1) is 29.1. The first-order chi connectivity index (χ1) is 24.7. The van der Waals surface area contributed by atoms with Gasteiger partial charge in [0.2, 0.25) is 0 Å². The second-order valence-electron chi connectivity index (χ2n) is 12.3. The van der Waals surface area contributed by atoms with Crippen LogP contribution in [0, 0.1) is 21.8 Å². The van der Waals surface area contributed by atoms with Crippen LogP contribution in [0.5, 0.6) is 0 Å². The van der Waals surface area contributed by atoms with Crippen molar-refractivity contribution in [3.05, 3.63) is 180 Å². The summed E-state index contributed by atoms with van der Waals surface area (Å²) in [5, 5.41) is 12.0. The molecule has 7 aromatic rings. The van der Waals surface area contributed by atoms with E-state index >= 15 is 0 Å². The molecule has 5 aromatic carbocycles. The van der Waals surface area contributed by atoms with E-state index in [2.05, 4.69) is 66.7 Å². The van der Waals surface area contributed by atoms with E-state index in [1.165, 1.54) is 10.4 Å². The van der Waals surface area contributed by atoms with E-state index in [0.717, 1.165) is 67.3 Å². The summed E-state index contributed by atoms with van der Waals surface area (Å²) in [5.74, 6) is 1.32. The van der Waals surface area contributed by atoms with Crippen LogP contribution in [0.15, 0.2) is 164 Å². The molecule has 2 heterocycles. The molecule has 9 rings (SSSR count). The van der Waals surface area contributed by atoms with Crippen LogP contribution < -0.4 is 0 Å². The molecule has 0 radical (unpaired) electrons. The first-order valence-corrected chi connectivity index (χ1v) is 16.4. The van der Waals surface area contributed by atoms with Gasteiger partial charge in [-0.25, -0.2) is 19.9 Å². The molecule has 232 valence electrons. The van der Waals surface area contributed by atoms with Gasteiger partial charge >= 0.3 is 0 Å². The molecule has 5 nitrogen and oxygen atoms in total. The van der Waals surface area contributed by atoms with Crippen LogP contribution in [0.1, 0.15) is 5.56 Å². The van der Waals surface area contributed by atoms with Crippen LogP contribution in [0.25, 0.3) is 78.9 Å². The number of hydrogen-bond donors (Lipinski definition) is 0. The molecule has 0 saturated heterocycles. The van der Waals surface area contributed by atoms with Crippen LogP contribution in [-0.4, -0.2) is 19.9 Å². The van der Waals surface area contributed by atoms with Gasteiger partial charge in [0, 0.05) is 33.4 Å². The molecular formula is C45H27N5. The number of rotatable bonds is 7. The SMILES string of the molecule is N#Cc1ccc(-c2cc(-c3cc(-c4ccccc4)nc(-c4ccccc4)n3)cc(-c3cc(-c4cc5ccc4=5)nc(-c4ccccc4)n3)c2)cc1. The van der Waals surface area contributed by atoms with E-state index in [-0.39, 0.29) is 0 Å². The normalized spacial score (nSPS) is 11.2. The Morgan fingerprint density at radius 2 is 0.840 bits per heavy atom. The van der Waals surface area contributed by atoms with Gasteiger partial charge in [-0.15, -0.1) is 0 Å². The topological polar surface area (TPSA) is 75.3 Å². The molecule has 2 aromatic heterocycles. The molecule has 0 atom stereocenters. The Hall–Kier alpha value is -7.03. The van der Waals surface area contributed by atoms with Gasteiger partial charge in [0.15, 0.2) is 11.6 Å². The highest BCUT2D eigenvalue weighted by molar-refractivity contribution is 5.83. The van der Waals surface area contributed by atoms with E-state index in [1.807, 2.05) is 103 Å². The van der Waals surface area contributed by atoms with Crippen molar-refractivity contribution in [2.75, 3.05) is 0 Å². The highest BCUT2D eigenvalue weighted by Crippen LogP contribution is 2.37. The number of nitriles is 1. The first-order valence-electron chi connectivity index (χ1n) is 16.4. The molecule has 2 aliphatic rings. The molecule has 0 bridgehead atoms. The Kier molecular flexibility index (Phi) is 7.11. The van der Waals surface area contributed by atoms with Crippen LogP contribution in [0.2, 0.25) is 0 Å². The fourth-order valence-electron chi connectivity index (χ4n) is 6.35. The smallest absolute Gasteiger partial charge is 0.160 e. The lowest BCUT2D eigenvalue weighted by Gasteiger charge is -2.16. The fourth-order valence-corrected chi connectivity index (χ4v) is 6.35. The Morgan fingerprint density at radius 3 is 1.32 bits per heavy atom. The molecule has 0 aliphatic heterocycles. The summed E-state index contributed by atoms with van der Waals surface area (Å²) in [6, 6.07) is 57.4. The maximum absolute atomic E-state index is 9.49. The summed E-state index contributed by atoms with van der Waals surface area (Å²) in [7, 11) is 0. The minimum absolute atomic E-state index is 0.612. The lowest BCUT2D eigenvalue weighted by atomic mass is 9.93. The molecular weight excluding hydrogens is 611 g/mol. The highest BCUT2D eigenvalue weighted by Gasteiger charge is 2.18. The summed E-state index contributed by atoms with van der Waals surface area (Å²) in [6.45, 7) is 0. The molecule has 0 fully saturated rings. The predicted octanol–water partition coefficient (Wildman–Crippen LogP) is 10.4. The Labute approximate surface area is 289 Å². The molecule has 5 heteroatoms. The van der Waals surface area contributed by atoms with Crippen molar-refractivity contribution in [2.45, 2.75) is 0 Å². The third-order valence-corrected chi connectivity index (χ3v) is 9.06. The summed E-state index contributed by atoms with van der Waals surface area (Å²) >= 11 is 0. The summed E-state index contributed by atoms with van der Waals surface area (Å²) in [6.07, 6.45) is 0. The monoisotopic (exact) mass is 637 g/mol. The Balaban J connectivity index is 1.27. The maximum atomic E-state index is 9.49. The van der Waals surface area contributed by atoms with Crippen LogP contribution in [-0.2, 0) is 0 Å². The lowest BCUT2D eigenvalue weighted by molar-refractivity contribution is 1.17. The predicted molar refractivity (Wildman–Crippen MR) is 198 cm³/mol. The van der Waals surface area contributed by atoms with Gasteiger partial charge in [-0.1, -0.05) is 115 Å². The van der Waals surface area contributed by atoms with Crippen LogP contribution in [0.4, 0.5) is 0 Å². The molecule has 2 aliphatic carbocycles. The highest BCUT2D eigenvalue weighted by atomic mass is 14.9. The molecule has 0 spiro atoms. The maximum Gasteiger partial charge on any atom is 0.160 e. The van der Waals surface area contributed by atoms with Gasteiger partial charge in [0.1, 0.15) is 0 Å². The van der Waals surface area contributed by atoms with E-state index in [9.17, 15) is 5.26 Å². The average Bonchev–Trinajstić information content (AvgIpc) is 3.19. The van der Waals surface area contributed by atoms with Gasteiger partial charge in [-0.2, -0.15) is 5.26 Å². The molecule has 0 saturated carbocycles. The molecule has 0 unspecified atom stereocenters. The average molecular weight is 638 g/mol. The lowest BCUT2D eigenvalue weighted by Crippen LogP contribution is -2.00. The molecule has 50 heavy (non-hydrogen) atoms. The quantitative estimate of drug-likeness (QED) is 0.174. The second kappa shape index (κ2) is 12.2. The van der Waals surface area contributed by atoms with E-state index in [1.54, 1.807) is 0 Å². The number of hydrogen-bond acceptors (Lipinski definition) is 5. The van der Waals surface area contributed by atoms with Crippen molar-refractivity contribution in [3.63, 3.8) is 0 Å². The van der Waals surface area contributed by atoms with Gasteiger partial charge in [0.05, 0.1) is 34.4 Å². The Morgan fingerprint density at radius 1 is 0.360 bits per heavy atom. The van der Waals surface area contributed by atoms with Crippen molar-refractivity contribution in [1.82, 2.24) is 19.9 Å². The van der Waals surface area contributed by atoms with Gasteiger partial charge < -0.3 is 0 Å². The van der Waals surface area contributed by atoms with Gasteiger partial charge in [-0.3, -0.25) is 0 Å². The molecule has 0 amide bonds. The van der Waals surface area contributed by atoms with E-state index in [0.29, 0.717) is 17.2 Å². The standard InChI is InChI=1S/C45H27N5/c46-28-29-16-18-30(19-17-29)35-22-36(41-26-40(31-10-4-1-5-11-31)47-44(48-41)32-12-6-2-7-13-32)24-37(23-35)42-27-43(39-25-34-20-21-38(34)39)50-45(49-42)33-14-8-3-9-15-33/h1-27H.